The SMILES string of the molecule is C=CCN(CC(=O)OCC)C(C)C(=O)NCC(C)C. The van der Waals surface area contributed by atoms with Crippen molar-refractivity contribution in [1.82, 2.24) is 10.2 Å². The van der Waals surface area contributed by atoms with E-state index >= 15 is 0 Å². The zero-order valence-electron chi connectivity index (χ0n) is 12.4. The zero-order chi connectivity index (χ0) is 14.8. The van der Waals surface area contributed by atoms with E-state index in [1.807, 2.05) is 13.8 Å². The van der Waals surface area contributed by atoms with Gasteiger partial charge in [-0.25, -0.2) is 0 Å². The average molecular weight is 270 g/mol. The topological polar surface area (TPSA) is 58.6 Å². The van der Waals surface area contributed by atoms with Crippen molar-refractivity contribution >= 4 is 11.9 Å². The molecule has 0 aliphatic rings. The summed E-state index contributed by atoms with van der Waals surface area (Å²) in [5.74, 6) is -0.0123. The summed E-state index contributed by atoms with van der Waals surface area (Å²) in [6, 6.07) is -0.388. The van der Waals surface area contributed by atoms with Crippen molar-refractivity contribution in [3.05, 3.63) is 12.7 Å². The highest BCUT2D eigenvalue weighted by Crippen LogP contribution is 2.01. The van der Waals surface area contributed by atoms with Crippen LogP contribution in [0.15, 0.2) is 12.7 Å². The van der Waals surface area contributed by atoms with Crippen LogP contribution in [-0.2, 0) is 14.3 Å². The summed E-state index contributed by atoms with van der Waals surface area (Å²) in [4.78, 5) is 25.2. The molecule has 0 aromatic carbocycles. The second-order valence-corrected chi connectivity index (χ2v) is 4.84. The molecular weight excluding hydrogens is 244 g/mol. The minimum absolute atomic E-state index is 0.0835. The fraction of sp³-hybridized carbons (Fsp3) is 0.714. The maximum absolute atomic E-state index is 12.0. The highest BCUT2D eigenvalue weighted by molar-refractivity contribution is 5.82. The molecule has 0 aliphatic carbocycles. The Balaban J connectivity index is 4.45. The van der Waals surface area contributed by atoms with Crippen LogP contribution in [0, 0.1) is 5.92 Å². The smallest absolute Gasteiger partial charge is 0.320 e. The van der Waals surface area contributed by atoms with E-state index in [2.05, 4.69) is 11.9 Å². The molecule has 1 N–H and O–H groups in total. The number of hydrogen-bond donors (Lipinski definition) is 1. The van der Waals surface area contributed by atoms with Crippen LogP contribution in [-0.4, -0.2) is 49.1 Å². The third kappa shape index (κ3) is 7.62. The van der Waals surface area contributed by atoms with Gasteiger partial charge in [-0.15, -0.1) is 6.58 Å². The third-order valence-corrected chi connectivity index (χ3v) is 2.61. The molecule has 0 aromatic rings. The first kappa shape index (κ1) is 17.6. The number of amides is 1. The van der Waals surface area contributed by atoms with Gasteiger partial charge in [0.25, 0.3) is 0 Å². The van der Waals surface area contributed by atoms with E-state index in [1.165, 1.54) is 0 Å². The highest BCUT2D eigenvalue weighted by Gasteiger charge is 2.22. The second-order valence-electron chi connectivity index (χ2n) is 4.84. The molecule has 0 radical (unpaired) electrons. The van der Waals surface area contributed by atoms with E-state index < -0.39 is 0 Å². The van der Waals surface area contributed by atoms with Crippen LogP contribution < -0.4 is 5.32 Å². The van der Waals surface area contributed by atoms with Crippen molar-refractivity contribution < 1.29 is 14.3 Å². The van der Waals surface area contributed by atoms with Crippen molar-refractivity contribution in [2.24, 2.45) is 5.92 Å². The van der Waals surface area contributed by atoms with Crippen LogP contribution in [0.5, 0.6) is 0 Å². The molecule has 5 heteroatoms. The molecule has 0 fully saturated rings. The molecule has 19 heavy (non-hydrogen) atoms. The molecule has 1 amide bonds. The van der Waals surface area contributed by atoms with E-state index in [4.69, 9.17) is 4.74 Å². The molecule has 1 unspecified atom stereocenters. The zero-order valence-corrected chi connectivity index (χ0v) is 12.4. The molecule has 5 nitrogen and oxygen atoms in total. The van der Waals surface area contributed by atoms with Crippen molar-refractivity contribution in [2.45, 2.75) is 33.7 Å². The Morgan fingerprint density at radius 3 is 2.47 bits per heavy atom. The summed E-state index contributed by atoms with van der Waals surface area (Å²) in [6.45, 7) is 12.8. The molecule has 0 bridgehead atoms. The number of nitrogens with one attached hydrogen (secondary N) is 1. The Morgan fingerprint density at radius 2 is 2.00 bits per heavy atom. The number of carbonyl (C=O) groups excluding carboxylic acids is 2. The van der Waals surface area contributed by atoms with E-state index in [0.717, 1.165) is 0 Å². The molecule has 0 saturated heterocycles. The summed E-state index contributed by atoms with van der Waals surface area (Å²) >= 11 is 0. The van der Waals surface area contributed by atoms with Gasteiger partial charge in [-0.05, 0) is 19.8 Å². The lowest BCUT2D eigenvalue weighted by atomic mass is 10.2. The molecule has 0 rings (SSSR count). The van der Waals surface area contributed by atoms with Crippen LogP contribution in [0.25, 0.3) is 0 Å². The van der Waals surface area contributed by atoms with Crippen molar-refractivity contribution in [3.8, 4) is 0 Å². The largest absolute Gasteiger partial charge is 0.465 e. The summed E-state index contributed by atoms with van der Waals surface area (Å²) in [5, 5.41) is 2.86. The molecule has 1 atom stereocenters. The molecule has 0 saturated carbocycles. The first-order valence-corrected chi connectivity index (χ1v) is 6.70. The molecule has 0 aromatic heterocycles. The van der Waals surface area contributed by atoms with Crippen LogP contribution >= 0.6 is 0 Å². The number of rotatable bonds is 9. The van der Waals surface area contributed by atoms with Gasteiger partial charge in [-0.3, -0.25) is 14.5 Å². The Labute approximate surface area is 116 Å². The fourth-order valence-electron chi connectivity index (χ4n) is 1.52. The van der Waals surface area contributed by atoms with Crippen LogP contribution in [0.1, 0.15) is 27.7 Å². The van der Waals surface area contributed by atoms with Crippen LogP contribution in [0.3, 0.4) is 0 Å². The summed E-state index contributed by atoms with van der Waals surface area (Å²) in [5.41, 5.74) is 0. The van der Waals surface area contributed by atoms with Gasteiger partial charge in [0.1, 0.15) is 0 Å². The van der Waals surface area contributed by atoms with Crippen LogP contribution in [0.4, 0.5) is 0 Å². The van der Waals surface area contributed by atoms with E-state index in [0.29, 0.717) is 25.6 Å². The fourth-order valence-corrected chi connectivity index (χ4v) is 1.52. The lowest BCUT2D eigenvalue weighted by molar-refractivity contribution is -0.145. The van der Waals surface area contributed by atoms with Gasteiger partial charge in [-0.2, -0.15) is 0 Å². The second kappa shape index (κ2) is 9.55. The third-order valence-electron chi connectivity index (χ3n) is 2.61. The number of hydrogen-bond acceptors (Lipinski definition) is 4. The number of carbonyl (C=O) groups is 2. The van der Waals surface area contributed by atoms with Gasteiger partial charge >= 0.3 is 5.97 Å². The summed E-state index contributed by atoms with van der Waals surface area (Å²) < 4.78 is 4.90. The van der Waals surface area contributed by atoms with Crippen molar-refractivity contribution in [3.63, 3.8) is 0 Å². The first-order valence-electron chi connectivity index (χ1n) is 6.70. The van der Waals surface area contributed by atoms with E-state index in [1.54, 1.807) is 24.8 Å². The Bertz CT molecular complexity index is 303. The predicted octanol–water partition coefficient (Wildman–Crippen LogP) is 1.20. The van der Waals surface area contributed by atoms with Crippen LogP contribution in [0.2, 0.25) is 0 Å². The van der Waals surface area contributed by atoms with Gasteiger partial charge in [0.05, 0.1) is 19.2 Å². The number of esters is 1. The predicted molar refractivity (Wildman–Crippen MR) is 75.7 cm³/mol. The lowest BCUT2D eigenvalue weighted by Gasteiger charge is -2.26. The van der Waals surface area contributed by atoms with Crippen molar-refractivity contribution in [2.75, 3.05) is 26.2 Å². The standard InChI is InChI=1S/C14H26N2O3/c1-6-8-16(10-13(17)19-7-2)12(5)14(18)15-9-11(3)4/h6,11-12H,1,7-10H2,2-5H3,(H,15,18). The summed E-state index contributed by atoms with van der Waals surface area (Å²) in [7, 11) is 0. The number of nitrogens with zero attached hydrogens (tertiary/aromatic N) is 1. The Hall–Kier alpha value is -1.36. The highest BCUT2D eigenvalue weighted by atomic mass is 16.5. The molecule has 0 heterocycles. The molecule has 0 aliphatic heterocycles. The van der Waals surface area contributed by atoms with E-state index in [9.17, 15) is 9.59 Å². The van der Waals surface area contributed by atoms with Gasteiger partial charge < -0.3 is 10.1 Å². The molecule has 110 valence electrons. The van der Waals surface area contributed by atoms with E-state index in [-0.39, 0.29) is 24.5 Å². The van der Waals surface area contributed by atoms with Crippen molar-refractivity contribution in [1.29, 1.82) is 0 Å². The number of ether oxygens (including phenoxy) is 1. The monoisotopic (exact) mass is 270 g/mol. The minimum atomic E-state index is -0.388. The maximum atomic E-state index is 12.0. The van der Waals surface area contributed by atoms with Gasteiger partial charge in [0.15, 0.2) is 0 Å². The quantitative estimate of drug-likeness (QED) is 0.505. The van der Waals surface area contributed by atoms with Gasteiger partial charge in [0, 0.05) is 13.1 Å². The normalized spacial score (nSPS) is 12.3. The Morgan fingerprint density at radius 1 is 1.37 bits per heavy atom. The maximum Gasteiger partial charge on any atom is 0.320 e. The summed E-state index contributed by atoms with van der Waals surface area (Å²) in [6.07, 6.45) is 1.67. The van der Waals surface area contributed by atoms with Gasteiger partial charge in [-0.1, -0.05) is 19.9 Å². The average Bonchev–Trinajstić information content (AvgIpc) is 2.34. The first-order chi connectivity index (χ1) is 8.92. The molecular formula is C14H26N2O3. The lowest BCUT2D eigenvalue weighted by Crippen LogP contribution is -2.48. The molecule has 0 spiro atoms. The minimum Gasteiger partial charge on any atom is -0.465 e. The van der Waals surface area contributed by atoms with Gasteiger partial charge in [0.2, 0.25) is 5.91 Å². The Kier molecular flexibility index (Phi) is 8.87.